The van der Waals surface area contributed by atoms with E-state index < -0.39 is 0 Å². The van der Waals surface area contributed by atoms with Crippen molar-refractivity contribution in [2.45, 2.75) is 39.7 Å². The summed E-state index contributed by atoms with van der Waals surface area (Å²) < 4.78 is 5.64. The fourth-order valence-electron chi connectivity index (χ4n) is 1.79. The summed E-state index contributed by atoms with van der Waals surface area (Å²) in [5.41, 5.74) is 1.18. The van der Waals surface area contributed by atoms with Crippen LogP contribution in [0.2, 0.25) is 5.02 Å². The zero-order valence-electron chi connectivity index (χ0n) is 12.1. The molecule has 0 heterocycles. The van der Waals surface area contributed by atoms with Gasteiger partial charge in [-0.15, -0.1) is 0 Å². The van der Waals surface area contributed by atoms with Gasteiger partial charge in [0.05, 0.1) is 6.61 Å². The molecule has 0 aliphatic rings. The van der Waals surface area contributed by atoms with Gasteiger partial charge in [0, 0.05) is 11.6 Å². The average molecular weight is 284 g/mol. The first kappa shape index (κ1) is 16.5. The van der Waals surface area contributed by atoms with E-state index in [1.807, 2.05) is 24.3 Å². The van der Waals surface area contributed by atoms with Gasteiger partial charge < -0.3 is 10.1 Å². The molecule has 0 saturated heterocycles. The van der Waals surface area contributed by atoms with Crippen LogP contribution in [0.15, 0.2) is 24.3 Å². The normalized spacial score (nSPS) is 11.2. The van der Waals surface area contributed by atoms with Crippen LogP contribution < -0.4 is 5.32 Å². The molecule has 0 atom stereocenters. The number of hydrogen-bond acceptors (Lipinski definition) is 2. The third kappa shape index (κ3) is 9.04. The van der Waals surface area contributed by atoms with Crippen LogP contribution in [0.4, 0.5) is 0 Å². The van der Waals surface area contributed by atoms with Gasteiger partial charge in [0.2, 0.25) is 0 Å². The maximum atomic E-state index is 5.83. The second-order valence-electron chi connectivity index (χ2n) is 5.34. The highest BCUT2D eigenvalue weighted by Crippen LogP contribution is 2.10. The maximum Gasteiger partial charge on any atom is 0.0716 e. The lowest BCUT2D eigenvalue weighted by Gasteiger charge is -2.07. The molecule has 0 amide bonds. The number of ether oxygens (including phenoxy) is 1. The number of halogens is 1. The average Bonchev–Trinajstić information content (AvgIpc) is 2.38. The highest BCUT2D eigenvalue weighted by molar-refractivity contribution is 6.30. The highest BCUT2D eigenvalue weighted by Gasteiger charge is 1.95. The van der Waals surface area contributed by atoms with Gasteiger partial charge in [-0.2, -0.15) is 0 Å². The van der Waals surface area contributed by atoms with Crippen molar-refractivity contribution in [1.82, 2.24) is 5.32 Å². The van der Waals surface area contributed by atoms with Crippen LogP contribution in [0.1, 0.15) is 38.7 Å². The Hall–Kier alpha value is -0.570. The molecular weight excluding hydrogens is 258 g/mol. The van der Waals surface area contributed by atoms with Gasteiger partial charge >= 0.3 is 0 Å². The third-order valence-electron chi connectivity index (χ3n) is 2.88. The molecule has 3 heteroatoms. The van der Waals surface area contributed by atoms with E-state index in [2.05, 4.69) is 19.2 Å². The lowest BCUT2D eigenvalue weighted by atomic mass is 10.2. The molecule has 1 N–H and O–H groups in total. The minimum Gasteiger partial charge on any atom is -0.377 e. The Morgan fingerprint density at radius 1 is 1.11 bits per heavy atom. The SMILES string of the molecule is CC(C)CNCCCCCOCc1ccc(Cl)cc1. The molecule has 0 spiro atoms. The Morgan fingerprint density at radius 2 is 1.84 bits per heavy atom. The summed E-state index contributed by atoms with van der Waals surface area (Å²) in [4.78, 5) is 0. The maximum absolute atomic E-state index is 5.83. The van der Waals surface area contributed by atoms with Crippen molar-refractivity contribution in [2.75, 3.05) is 19.7 Å². The van der Waals surface area contributed by atoms with Crippen LogP contribution in [0.5, 0.6) is 0 Å². The lowest BCUT2D eigenvalue weighted by molar-refractivity contribution is 0.117. The predicted octanol–water partition coefficient (Wildman–Crippen LogP) is 4.27. The van der Waals surface area contributed by atoms with E-state index in [0.717, 1.165) is 37.1 Å². The molecule has 1 aromatic rings. The summed E-state index contributed by atoms with van der Waals surface area (Å²) in [5.74, 6) is 0.739. The van der Waals surface area contributed by atoms with Crippen LogP contribution in [0.25, 0.3) is 0 Å². The summed E-state index contributed by atoms with van der Waals surface area (Å²) in [6.45, 7) is 8.23. The number of benzene rings is 1. The Morgan fingerprint density at radius 3 is 2.53 bits per heavy atom. The Balaban J connectivity index is 1.90. The molecular formula is C16H26ClNO. The summed E-state index contributed by atoms with van der Waals surface area (Å²) in [6, 6.07) is 7.83. The standard InChI is InChI=1S/C16H26ClNO/c1-14(2)12-18-10-4-3-5-11-19-13-15-6-8-16(17)9-7-15/h6-9,14,18H,3-5,10-13H2,1-2H3. The molecule has 0 fully saturated rings. The van der Waals surface area contributed by atoms with Gasteiger partial charge in [-0.25, -0.2) is 0 Å². The molecule has 2 nitrogen and oxygen atoms in total. The first-order chi connectivity index (χ1) is 9.18. The van der Waals surface area contributed by atoms with Gasteiger partial charge in [-0.05, 0) is 56.0 Å². The van der Waals surface area contributed by atoms with Crippen molar-refractivity contribution in [1.29, 1.82) is 0 Å². The second kappa shape index (κ2) is 10.2. The van der Waals surface area contributed by atoms with Crippen molar-refractivity contribution < 1.29 is 4.74 Å². The van der Waals surface area contributed by atoms with Crippen LogP contribution >= 0.6 is 11.6 Å². The fraction of sp³-hybridized carbons (Fsp3) is 0.625. The van der Waals surface area contributed by atoms with Crippen LogP contribution in [0, 0.1) is 5.92 Å². The van der Waals surface area contributed by atoms with Crippen molar-refractivity contribution in [2.24, 2.45) is 5.92 Å². The minimum atomic E-state index is 0.683. The van der Waals surface area contributed by atoms with E-state index in [-0.39, 0.29) is 0 Å². The quantitative estimate of drug-likeness (QED) is 0.648. The van der Waals surface area contributed by atoms with Gasteiger partial charge in [-0.1, -0.05) is 37.6 Å². The molecule has 0 aromatic heterocycles. The first-order valence-electron chi connectivity index (χ1n) is 7.21. The molecule has 1 rings (SSSR count). The topological polar surface area (TPSA) is 21.3 Å². The third-order valence-corrected chi connectivity index (χ3v) is 3.13. The van der Waals surface area contributed by atoms with Gasteiger partial charge in [0.15, 0.2) is 0 Å². The summed E-state index contributed by atoms with van der Waals surface area (Å²) in [6.07, 6.45) is 3.60. The second-order valence-corrected chi connectivity index (χ2v) is 5.77. The Labute approximate surface area is 122 Å². The zero-order chi connectivity index (χ0) is 13.9. The summed E-state index contributed by atoms with van der Waals surface area (Å²) >= 11 is 5.83. The lowest BCUT2D eigenvalue weighted by Crippen LogP contribution is -2.20. The minimum absolute atomic E-state index is 0.683. The van der Waals surface area contributed by atoms with E-state index >= 15 is 0 Å². The molecule has 0 aliphatic heterocycles. The largest absolute Gasteiger partial charge is 0.377 e. The van der Waals surface area contributed by atoms with E-state index in [4.69, 9.17) is 16.3 Å². The van der Waals surface area contributed by atoms with E-state index in [1.54, 1.807) is 0 Å². The highest BCUT2D eigenvalue weighted by atomic mass is 35.5. The number of rotatable bonds is 10. The molecule has 0 saturated carbocycles. The molecule has 0 radical (unpaired) electrons. The van der Waals surface area contributed by atoms with Gasteiger partial charge in [-0.3, -0.25) is 0 Å². The molecule has 1 aromatic carbocycles. The summed E-state index contributed by atoms with van der Waals surface area (Å²) in [5, 5.41) is 4.23. The van der Waals surface area contributed by atoms with Crippen LogP contribution in [-0.2, 0) is 11.3 Å². The number of nitrogens with one attached hydrogen (secondary N) is 1. The number of unbranched alkanes of at least 4 members (excludes halogenated alkanes) is 2. The Kier molecular flexibility index (Phi) is 8.89. The number of hydrogen-bond donors (Lipinski definition) is 1. The zero-order valence-corrected chi connectivity index (χ0v) is 12.9. The first-order valence-corrected chi connectivity index (χ1v) is 7.59. The molecule has 0 aliphatic carbocycles. The summed E-state index contributed by atoms with van der Waals surface area (Å²) in [7, 11) is 0. The Bertz CT molecular complexity index is 324. The van der Waals surface area contributed by atoms with Crippen molar-refractivity contribution >= 4 is 11.6 Å². The molecule has 19 heavy (non-hydrogen) atoms. The molecule has 108 valence electrons. The van der Waals surface area contributed by atoms with E-state index in [0.29, 0.717) is 6.61 Å². The van der Waals surface area contributed by atoms with Gasteiger partial charge in [0.1, 0.15) is 0 Å². The van der Waals surface area contributed by atoms with E-state index in [1.165, 1.54) is 18.4 Å². The fourth-order valence-corrected chi connectivity index (χ4v) is 1.92. The van der Waals surface area contributed by atoms with Crippen molar-refractivity contribution in [3.63, 3.8) is 0 Å². The monoisotopic (exact) mass is 283 g/mol. The van der Waals surface area contributed by atoms with Crippen LogP contribution in [-0.4, -0.2) is 19.7 Å². The smallest absolute Gasteiger partial charge is 0.0716 e. The van der Waals surface area contributed by atoms with Crippen LogP contribution in [0.3, 0.4) is 0 Å². The molecule has 0 unspecified atom stereocenters. The van der Waals surface area contributed by atoms with Gasteiger partial charge in [0.25, 0.3) is 0 Å². The van der Waals surface area contributed by atoms with Crippen molar-refractivity contribution in [3.05, 3.63) is 34.9 Å². The van der Waals surface area contributed by atoms with Crippen molar-refractivity contribution in [3.8, 4) is 0 Å². The molecule has 0 bridgehead atoms. The predicted molar refractivity (Wildman–Crippen MR) is 82.7 cm³/mol. The van der Waals surface area contributed by atoms with E-state index in [9.17, 15) is 0 Å².